The van der Waals surface area contributed by atoms with Crippen LogP contribution < -0.4 is 10.9 Å². The van der Waals surface area contributed by atoms with Gasteiger partial charge in [-0.25, -0.2) is 4.39 Å². The molecule has 4 heteroatoms. The van der Waals surface area contributed by atoms with Gasteiger partial charge in [0.2, 0.25) is 0 Å². The Hall–Kier alpha value is -2.10. The van der Waals surface area contributed by atoms with Crippen LogP contribution in [-0.4, -0.2) is 11.6 Å². The van der Waals surface area contributed by atoms with Crippen LogP contribution in [0.2, 0.25) is 0 Å². The maximum atomic E-state index is 13.1. The summed E-state index contributed by atoms with van der Waals surface area (Å²) < 4.78 is 14.3. The number of pyridine rings is 1. The minimum atomic E-state index is -0.750. The van der Waals surface area contributed by atoms with Crippen LogP contribution in [0.4, 0.5) is 10.1 Å². The molecule has 2 rings (SSSR count). The van der Waals surface area contributed by atoms with Crippen molar-refractivity contribution in [3.63, 3.8) is 0 Å². The second-order valence-electron chi connectivity index (χ2n) is 3.33. The summed E-state index contributed by atoms with van der Waals surface area (Å²) in [7, 11) is 1.81. The van der Waals surface area contributed by atoms with Gasteiger partial charge in [-0.15, -0.1) is 0 Å². The molecule has 0 aliphatic carbocycles. The highest BCUT2D eigenvalue weighted by Gasteiger charge is 2.03. The number of hydrogen-bond donors (Lipinski definition) is 1. The van der Waals surface area contributed by atoms with Crippen LogP contribution in [0.15, 0.2) is 47.4 Å². The van der Waals surface area contributed by atoms with Gasteiger partial charge >= 0.3 is 0 Å². The van der Waals surface area contributed by atoms with Crippen LogP contribution in [0.25, 0.3) is 5.69 Å². The minimum absolute atomic E-state index is 0.639. The van der Waals surface area contributed by atoms with E-state index in [2.05, 4.69) is 5.32 Å². The molecule has 0 spiro atoms. The summed E-state index contributed by atoms with van der Waals surface area (Å²) in [4.78, 5) is 11.5. The molecule has 1 aromatic heterocycles. The Kier molecular flexibility index (Phi) is 5.11. The first-order valence-electron chi connectivity index (χ1n) is 5.88. The lowest BCUT2D eigenvalue weighted by Gasteiger charge is -2.06. The Morgan fingerprint density at radius 2 is 1.72 bits per heavy atom. The zero-order chi connectivity index (χ0) is 13.5. The second kappa shape index (κ2) is 6.59. The molecule has 1 heterocycles. The number of nitrogens with one attached hydrogen (secondary N) is 1. The first kappa shape index (κ1) is 14.0. The number of halogens is 1. The van der Waals surface area contributed by atoms with E-state index < -0.39 is 11.4 Å². The Morgan fingerprint density at radius 3 is 2.28 bits per heavy atom. The van der Waals surface area contributed by atoms with Gasteiger partial charge in [-0.1, -0.05) is 13.8 Å². The molecule has 0 saturated carbocycles. The van der Waals surface area contributed by atoms with E-state index in [4.69, 9.17) is 0 Å². The standard InChI is InChI=1S/C12H11FN2O.C2H6/c1-14-9-4-6-10(7-5-9)15-8-2-3-11(13)12(15)16;1-2/h2-8,14H,1H3;1-2H3. The fourth-order valence-electron chi connectivity index (χ4n) is 1.46. The summed E-state index contributed by atoms with van der Waals surface area (Å²) in [5.74, 6) is -0.750. The maximum absolute atomic E-state index is 13.1. The lowest BCUT2D eigenvalue weighted by atomic mass is 10.2. The highest BCUT2D eigenvalue weighted by Crippen LogP contribution is 2.11. The largest absolute Gasteiger partial charge is 0.388 e. The number of nitrogens with zero attached hydrogens (tertiary/aromatic N) is 1. The molecule has 0 amide bonds. The molecular weight excluding hydrogens is 231 g/mol. The first-order valence-corrected chi connectivity index (χ1v) is 5.88. The molecule has 0 saturated heterocycles. The molecule has 0 fully saturated rings. The first-order chi connectivity index (χ1) is 8.72. The van der Waals surface area contributed by atoms with Crippen molar-refractivity contribution in [3.05, 3.63) is 58.8 Å². The fraction of sp³-hybridized carbons (Fsp3) is 0.214. The van der Waals surface area contributed by atoms with Crippen molar-refractivity contribution in [1.29, 1.82) is 0 Å². The third-order valence-electron chi connectivity index (χ3n) is 2.33. The van der Waals surface area contributed by atoms with Crippen LogP contribution in [0.1, 0.15) is 13.8 Å². The smallest absolute Gasteiger partial charge is 0.291 e. The van der Waals surface area contributed by atoms with Gasteiger partial charge in [-0.3, -0.25) is 9.36 Å². The average molecular weight is 248 g/mol. The van der Waals surface area contributed by atoms with Gasteiger partial charge in [-0.2, -0.15) is 0 Å². The zero-order valence-corrected chi connectivity index (χ0v) is 10.8. The lowest BCUT2D eigenvalue weighted by Crippen LogP contribution is -2.20. The van der Waals surface area contributed by atoms with Crippen LogP contribution >= 0.6 is 0 Å². The van der Waals surface area contributed by atoms with Crippen molar-refractivity contribution in [2.45, 2.75) is 13.8 Å². The van der Waals surface area contributed by atoms with Gasteiger partial charge in [-0.05, 0) is 36.4 Å². The Morgan fingerprint density at radius 1 is 1.11 bits per heavy atom. The van der Waals surface area contributed by atoms with Crippen LogP contribution in [0.3, 0.4) is 0 Å². The van der Waals surface area contributed by atoms with E-state index in [1.165, 1.54) is 10.6 Å². The van der Waals surface area contributed by atoms with Gasteiger partial charge < -0.3 is 5.32 Å². The summed E-state index contributed by atoms with van der Waals surface area (Å²) in [6.07, 6.45) is 1.54. The summed E-state index contributed by atoms with van der Waals surface area (Å²) in [5, 5.41) is 2.97. The molecule has 2 aromatic rings. The molecule has 0 radical (unpaired) electrons. The van der Waals surface area contributed by atoms with E-state index in [1.807, 2.05) is 33.0 Å². The van der Waals surface area contributed by atoms with Gasteiger partial charge in [0.1, 0.15) is 0 Å². The average Bonchev–Trinajstić information content (AvgIpc) is 2.44. The molecular formula is C14H17FN2O. The Bertz CT molecular complexity index is 546. The lowest BCUT2D eigenvalue weighted by molar-refractivity contribution is 0.599. The van der Waals surface area contributed by atoms with Gasteiger partial charge in [0.15, 0.2) is 5.82 Å². The molecule has 3 nitrogen and oxygen atoms in total. The number of benzene rings is 1. The normalized spacial score (nSPS) is 9.33. The highest BCUT2D eigenvalue weighted by molar-refractivity contribution is 5.48. The topological polar surface area (TPSA) is 34.0 Å². The summed E-state index contributed by atoms with van der Waals surface area (Å²) in [6, 6.07) is 9.82. The summed E-state index contributed by atoms with van der Waals surface area (Å²) in [5.41, 5.74) is 0.941. The van der Waals surface area contributed by atoms with Crippen LogP contribution in [-0.2, 0) is 0 Å². The number of anilines is 1. The fourth-order valence-corrected chi connectivity index (χ4v) is 1.46. The third kappa shape index (κ3) is 2.97. The molecule has 1 N–H and O–H groups in total. The monoisotopic (exact) mass is 248 g/mol. The van der Waals surface area contributed by atoms with Crippen LogP contribution in [0, 0.1) is 5.82 Å². The van der Waals surface area contributed by atoms with E-state index in [0.717, 1.165) is 11.8 Å². The van der Waals surface area contributed by atoms with E-state index in [9.17, 15) is 9.18 Å². The molecule has 1 aromatic carbocycles. The van der Waals surface area contributed by atoms with Crippen molar-refractivity contribution in [2.24, 2.45) is 0 Å². The van der Waals surface area contributed by atoms with Gasteiger partial charge in [0, 0.05) is 24.6 Å². The van der Waals surface area contributed by atoms with Gasteiger partial charge in [0.05, 0.1) is 0 Å². The predicted molar refractivity (Wildman–Crippen MR) is 72.9 cm³/mol. The van der Waals surface area contributed by atoms with E-state index in [1.54, 1.807) is 18.3 Å². The quantitative estimate of drug-likeness (QED) is 0.886. The number of hydrogen-bond acceptors (Lipinski definition) is 2. The SMILES string of the molecule is CC.CNc1ccc(-n2cccc(F)c2=O)cc1. The van der Waals surface area contributed by atoms with Crippen molar-refractivity contribution in [2.75, 3.05) is 12.4 Å². The zero-order valence-electron chi connectivity index (χ0n) is 10.8. The molecule has 0 aliphatic rings. The summed E-state index contributed by atoms with van der Waals surface area (Å²) in [6.45, 7) is 4.00. The van der Waals surface area contributed by atoms with E-state index >= 15 is 0 Å². The van der Waals surface area contributed by atoms with Crippen molar-refractivity contribution < 1.29 is 4.39 Å². The maximum Gasteiger partial charge on any atom is 0.291 e. The van der Waals surface area contributed by atoms with Crippen molar-refractivity contribution in [3.8, 4) is 5.69 Å². The van der Waals surface area contributed by atoms with E-state index in [0.29, 0.717) is 5.69 Å². The third-order valence-corrected chi connectivity index (χ3v) is 2.33. The molecule has 96 valence electrons. The van der Waals surface area contributed by atoms with Gasteiger partial charge in [0.25, 0.3) is 5.56 Å². The molecule has 0 atom stereocenters. The second-order valence-corrected chi connectivity index (χ2v) is 3.33. The van der Waals surface area contributed by atoms with Crippen molar-refractivity contribution in [1.82, 2.24) is 4.57 Å². The highest BCUT2D eigenvalue weighted by atomic mass is 19.1. The van der Waals surface area contributed by atoms with E-state index in [-0.39, 0.29) is 0 Å². The minimum Gasteiger partial charge on any atom is -0.388 e. The molecule has 0 unspecified atom stereocenters. The Balaban J connectivity index is 0.000000771. The number of rotatable bonds is 2. The molecule has 18 heavy (non-hydrogen) atoms. The van der Waals surface area contributed by atoms with Crippen LogP contribution in [0.5, 0.6) is 0 Å². The Labute approximate surface area is 106 Å². The molecule has 0 bridgehead atoms. The number of aromatic nitrogens is 1. The predicted octanol–water partition coefficient (Wildman–Crippen LogP) is 3.04. The summed E-state index contributed by atoms with van der Waals surface area (Å²) >= 11 is 0. The van der Waals surface area contributed by atoms with Crippen molar-refractivity contribution >= 4 is 5.69 Å². The molecule has 0 aliphatic heterocycles.